The third kappa shape index (κ3) is 7.95. The molecule has 4 aromatic carbocycles. The summed E-state index contributed by atoms with van der Waals surface area (Å²) in [5.74, 6) is -0.765. The van der Waals surface area contributed by atoms with Gasteiger partial charge in [-0.2, -0.15) is 0 Å². The largest absolute Gasteiger partial charge is 0.495 e. The standard InChI is InChI=1S/C32H31BrClN3O5S/c1-35-32(39)29(19-23-10-5-3-6-11-23)36(21-24-12-9-13-25(33)18-24)31(38)22-37(28-20-26(34)16-17-30(28)42-2)43(40,41)27-14-7-4-8-15-27/h3-18,20,29H,19,21-22H2,1-2H3,(H,35,39)/t29-/m1/s1. The molecule has 0 heterocycles. The van der Waals surface area contributed by atoms with Gasteiger partial charge in [0.2, 0.25) is 11.8 Å². The molecule has 0 aliphatic heterocycles. The minimum absolute atomic E-state index is 0.0181. The van der Waals surface area contributed by atoms with E-state index in [9.17, 15) is 18.0 Å². The Morgan fingerprint density at radius 2 is 1.56 bits per heavy atom. The van der Waals surface area contributed by atoms with Crippen LogP contribution in [-0.2, 0) is 32.6 Å². The Bertz CT molecular complexity index is 1670. The van der Waals surface area contributed by atoms with Crippen molar-refractivity contribution in [1.29, 1.82) is 0 Å². The highest BCUT2D eigenvalue weighted by Gasteiger charge is 2.35. The zero-order valence-electron chi connectivity index (χ0n) is 23.6. The second-order valence-electron chi connectivity index (χ2n) is 9.61. The van der Waals surface area contributed by atoms with Crippen LogP contribution >= 0.6 is 27.5 Å². The Balaban J connectivity index is 1.83. The number of benzene rings is 4. The van der Waals surface area contributed by atoms with Crippen LogP contribution in [-0.4, -0.2) is 51.9 Å². The quantitative estimate of drug-likeness (QED) is 0.207. The average Bonchev–Trinajstić information content (AvgIpc) is 3.02. The van der Waals surface area contributed by atoms with E-state index in [-0.39, 0.29) is 40.2 Å². The molecule has 4 rings (SSSR count). The normalized spacial score (nSPS) is 11.8. The lowest BCUT2D eigenvalue weighted by Gasteiger charge is -2.34. The predicted octanol–water partition coefficient (Wildman–Crippen LogP) is 5.69. The summed E-state index contributed by atoms with van der Waals surface area (Å²) in [5.41, 5.74) is 1.69. The molecule has 0 aliphatic rings. The van der Waals surface area contributed by atoms with Crippen LogP contribution in [0.15, 0.2) is 112 Å². The summed E-state index contributed by atoms with van der Waals surface area (Å²) >= 11 is 9.78. The number of nitrogens with one attached hydrogen (secondary N) is 1. The molecule has 8 nitrogen and oxygen atoms in total. The lowest BCUT2D eigenvalue weighted by molar-refractivity contribution is -0.139. The molecule has 0 spiro atoms. The van der Waals surface area contributed by atoms with E-state index in [0.29, 0.717) is 0 Å². The van der Waals surface area contributed by atoms with Crippen molar-refractivity contribution in [3.8, 4) is 5.75 Å². The molecule has 1 atom stereocenters. The van der Waals surface area contributed by atoms with Crippen molar-refractivity contribution < 1.29 is 22.7 Å². The van der Waals surface area contributed by atoms with Crippen molar-refractivity contribution in [2.45, 2.75) is 23.9 Å². The maximum absolute atomic E-state index is 14.4. The lowest BCUT2D eigenvalue weighted by Crippen LogP contribution is -2.53. The van der Waals surface area contributed by atoms with Gasteiger partial charge >= 0.3 is 0 Å². The number of anilines is 1. The van der Waals surface area contributed by atoms with Gasteiger partial charge in [0, 0.05) is 29.5 Å². The van der Waals surface area contributed by atoms with Crippen LogP contribution in [0.2, 0.25) is 5.02 Å². The van der Waals surface area contributed by atoms with Crippen molar-refractivity contribution in [2.75, 3.05) is 25.0 Å². The van der Waals surface area contributed by atoms with E-state index in [0.717, 1.165) is 19.9 Å². The van der Waals surface area contributed by atoms with Crippen LogP contribution in [0.4, 0.5) is 5.69 Å². The molecule has 4 aromatic rings. The molecule has 43 heavy (non-hydrogen) atoms. The van der Waals surface area contributed by atoms with Crippen LogP contribution in [0.25, 0.3) is 0 Å². The van der Waals surface area contributed by atoms with Crippen LogP contribution in [0, 0.1) is 0 Å². The fourth-order valence-electron chi connectivity index (χ4n) is 4.64. The smallest absolute Gasteiger partial charge is 0.264 e. The maximum Gasteiger partial charge on any atom is 0.264 e. The number of halogens is 2. The predicted molar refractivity (Wildman–Crippen MR) is 172 cm³/mol. The molecule has 0 saturated carbocycles. The molecule has 0 saturated heterocycles. The van der Waals surface area contributed by atoms with Gasteiger partial charge in [-0.25, -0.2) is 8.42 Å². The first-order valence-corrected chi connectivity index (χ1v) is 16.0. The van der Waals surface area contributed by atoms with Crippen LogP contribution in [0.5, 0.6) is 5.75 Å². The first kappa shape index (κ1) is 32.1. The van der Waals surface area contributed by atoms with Crippen molar-refractivity contribution in [3.63, 3.8) is 0 Å². The van der Waals surface area contributed by atoms with E-state index in [1.807, 2.05) is 54.6 Å². The summed E-state index contributed by atoms with van der Waals surface area (Å²) < 4.78 is 35.5. The summed E-state index contributed by atoms with van der Waals surface area (Å²) in [6.45, 7) is -0.570. The molecule has 0 aromatic heterocycles. The SMILES string of the molecule is CNC(=O)[C@@H](Cc1ccccc1)N(Cc1cccc(Br)c1)C(=O)CN(c1cc(Cl)ccc1OC)S(=O)(=O)c1ccccc1. The fourth-order valence-corrected chi connectivity index (χ4v) is 6.69. The van der Waals surface area contributed by atoms with Crippen molar-refractivity contribution in [3.05, 3.63) is 124 Å². The van der Waals surface area contributed by atoms with Gasteiger partial charge in [-0.15, -0.1) is 0 Å². The molecule has 0 aliphatic carbocycles. The van der Waals surface area contributed by atoms with E-state index in [1.165, 1.54) is 43.3 Å². The van der Waals surface area contributed by atoms with Gasteiger partial charge in [0.05, 0.1) is 17.7 Å². The number of rotatable bonds is 12. The second kappa shape index (κ2) is 14.5. The number of ether oxygens (including phenoxy) is 1. The summed E-state index contributed by atoms with van der Waals surface area (Å²) in [7, 11) is -1.37. The Morgan fingerprint density at radius 3 is 2.19 bits per heavy atom. The molecule has 224 valence electrons. The van der Waals surface area contributed by atoms with Gasteiger partial charge in [0.25, 0.3) is 10.0 Å². The summed E-state index contributed by atoms with van der Waals surface area (Å²) in [5, 5.41) is 2.93. The number of carbonyl (C=O) groups excluding carboxylic acids is 2. The molecule has 1 N–H and O–H groups in total. The van der Waals surface area contributed by atoms with Crippen LogP contribution in [0.1, 0.15) is 11.1 Å². The van der Waals surface area contributed by atoms with Gasteiger partial charge in [0.1, 0.15) is 18.3 Å². The number of hydrogen-bond donors (Lipinski definition) is 1. The van der Waals surface area contributed by atoms with E-state index in [4.69, 9.17) is 16.3 Å². The molecule has 0 fully saturated rings. The van der Waals surface area contributed by atoms with Crippen LogP contribution in [0.3, 0.4) is 0 Å². The lowest BCUT2D eigenvalue weighted by atomic mass is 10.0. The molecule has 0 unspecified atom stereocenters. The highest BCUT2D eigenvalue weighted by atomic mass is 79.9. The number of nitrogens with zero attached hydrogens (tertiary/aromatic N) is 2. The Hall–Kier alpha value is -3.86. The summed E-state index contributed by atoms with van der Waals surface area (Å²) in [6.07, 6.45) is 0.214. The maximum atomic E-state index is 14.4. The molecular weight excluding hydrogens is 654 g/mol. The Morgan fingerprint density at radius 1 is 0.907 bits per heavy atom. The minimum atomic E-state index is -4.28. The number of carbonyl (C=O) groups is 2. The van der Waals surface area contributed by atoms with Gasteiger partial charge in [-0.1, -0.05) is 88.2 Å². The third-order valence-electron chi connectivity index (χ3n) is 6.78. The highest BCUT2D eigenvalue weighted by Crippen LogP contribution is 2.35. The molecule has 11 heteroatoms. The van der Waals surface area contributed by atoms with Crippen molar-refractivity contribution in [2.24, 2.45) is 0 Å². The monoisotopic (exact) mass is 683 g/mol. The van der Waals surface area contributed by atoms with Crippen LogP contribution < -0.4 is 14.4 Å². The van der Waals surface area contributed by atoms with E-state index in [2.05, 4.69) is 21.2 Å². The number of sulfonamides is 1. The number of likely N-dealkylation sites (N-methyl/N-ethyl adjacent to an activating group) is 1. The van der Waals surface area contributed by atoms with Gasteiger partial charge < -0.3 is 15.0 Å². The zero-order valence-corrected chi connectivity index (χ0v) is 26.8. The molecule has 0 radical (unpaired) electrons. The Labute approximate surface area is 265 Å². The van der Waals surface area contributed by atoms with Gasteiger partial charge in [-0.05, 0) is 53.6 Å². The Kier molecular flexibility index (Phi) is 10.8. The molecule has 0 bridgehead atoms. The highest BCUT2D eigenvalue weighted by molar-refractivity contribution is 9.10. The number of methoxy groups -OCH3 is 1. The van der Waals surface area contributed by atoms with Crippen molar-refractivity contribution >= 4 is 55.1 Å². The minimum Gasteiger partial charge on any atom is -0.495 e. The van der Waals surface area contributed by atoms with E-state index >= 15 is 0 Å². The number of hydrogen-bond acceptors (Lipinski definition) is 5. The first-order chi connectivity index (χ1) is 20.6. The fraction of sp³-hybridized carbons (Fsp3) is 0.188. The van der Waals surface area contributed by atoms with E-state index in [1.54, 1.807) is 24.3 Å². The number of amides is 2. The third-order valence-corrected chi connectivity index (χ3v) is 9.28. The molecule has 2 amide bonds. The van der Waals surface area contributed by atoms with Crippen molar-refractivity contribution in [1.82, 2.24) is 10.2 Å². The first-order valence-electron chi connectivity index (χ1n) is 13.3. The zero-order chi connectivity index (χ0) is 31.0. The topological polar surface area (TPSA) is 96.0 Å². The summed E-state index contributed by atoms with van der Waals surface area (Å²) in [6, 6.07) is 28.1. The molecular formula is C32H31BrClN3O5S. The van der Waals surface area contributed by atoms with Gasteiger partial charge in [0.15, 0.2) is 0 Å². The van der Waals surface area contributed by atoms with E-state index < -0.39 is 28.5 Å². The van der Waals surface area contributed by atoms with Gasteiger partial charge in [-0.3, -0.25) is 13.9 Å². The average molecular weight is 685 g/mol. The summed E-state index contributed by atoms with van der Waals surface area (Å²) in [4.78, 5) is 29.1. The second-order valence-corrected chi connectivity index (χ2v) is 12.8.